The summed E-state index contributed by atoms with van der Waals surface area (Å²) in [6.07, 6.45) is -2.19. The first-order chi connectivity index (χ1) is 11.1. The first kappa shape index (κ1) is 18.8. The monoisotopic (exact) mass is 351 g/mol. The summed E-state index contributed by atoms with van der Waals surface area (Å²) in [5.74, 6) is -0.768. The Morgan fingerprint density at radius 1 is 1.33 bits per heavy atom. The highest BCUT2D eigenvalue weighted by atomic mass is 19.4. The summed E-state index contributed by atoms with van der Waals surface area (Å²) in [4.78, 5) is 6.28. The van der Waals surface area contributed by atoms with E-state index in [0.717, 1.165) is 12.6 Å². The second-order valence-electron chi connectivity index (χ2n) is 5.85. The quantitative estimate of drug-likeness (QED) is 0.788. The number of anilines is 1. The molecule has 3 heterocycles. The molecular formula is C14H20F3N3O4. The summed E-state index contributed by atoms with van der Waals surface area (Å²) in [6.45, 7) is 4.42. The summed E-state index contributed by atoms with van der Waals surface area (Å²) in [5.41, 5.74) is 3.91. The second-order valence-corrected chi connectivity index (χ2v) is 5.85. The number of ether oxygens (including phenoxy) is 3. The van der Waals surface area contributed by atoms with Crippen molar-refractivity contribution in [3.05, 3.63) is 18.1 Å². The molecule has 2 saturated heterocycles. The van der Waals surface area contributed by atoms with Gasteiger partial charge in [0.25, 0.3) is 0 Å². The number of nitrogen functional groups attached to an aromatic ring is 1. The lowest BCUT2D eigenvalue weighted by atomic mass is 10.0. The van der Waals surface area contributed by atoms with Gasteiger partial charge in [-0.25, -0.2) is 4.98 Å². The smallest absolute Gasteiger partial charge is 0.394 e. The van der Waals surface area contributed by atoms with Gasteiger partial charge in [-0.1, -0.05) is 0 Å². The molecule has 10 heteroatoms. The lowest BCUT2D eigenvalue weighted by Crippen LogP contribution is -2.44. The molecule has 136 valence electrons. The number of hydrogen-bond donors (Lipinski definition) is 2. The number of aliphatic hydroxyl groups excluding tert-OH is 1. The van der Waals surface area contributed by atoms with Gasteiger partial charge in [-0.2, -0.15) is 13.2 Å². The van der Waals surface area contributed by atoms with Crippen LogP contribution in [-0.2, 0) is 20.4 Å². The Balaban J connectivity index is 0.000000177. The van der Waals surface area contributed by atoms with Crippen molar-refractivity contribution in [3.63, 3.8) is 0 Å². The normalized spacial score (nSPS) is 28.7. The third kappa shape index (κ3) is 4.76. The second kappa shape index (κ2) is 7.18. The van der Waals surface area contributed by atoms with Crippen LogP contribution in [0.3, 0.4) is 0 Å². The van der Waals surface area contributed by atoms with Gasteiger partial charge in [-0.3, -0.25) is 4.98 Å². The van der Waals surface area contributed by atoms with Crippen LogP contribution in [0.2, 0.25) is 0 Å². The van der Waals surface area contributed by atoms with E-state index in [-0.39, 0.29) is 30.7 Å². The number of aliphatic hydroxyl groups is 1. The average molecular weight is 351 g/mol. The van der Waals surface area contributed by atoms with Crippen LogP contribution in [-0.4, -0.2) is 52.4 Å². The van der Waals surface area contributed by atoms with Gasteiger partial charge in [0.1, 0.15) is 18.0 Å². The van der Waals surface area contributed by atoms with Gasteiger partial charge in [0.05, 0.1) is 25.1 Å². The molecular weight excluding hydrogens is 331 g/mol. The maximum Gasteiger partial charge on any atom is 0.434 e. The van der Waals surface area contributed by atoms with E-state index in [2.05, 4.69) is 9.97 Å². The Bertz CT molecular complexity index is 556. The van der Waals surface area contributed by atoms with E-state index in [4.69, 9.17) is 25.1 Å². The molecule has 0 bridgehead atoms. The zero-order chi connectivity index (χ0) is 18.0. The molecule has 2 fully saturated rings. The molecule has 3 atom stereocenters. The average Bonchev–Trinajstić information content (AvgIpc) is 2.80. The highest BCUT2D eigenvalue weighted by Crippen LogP contribution is 2.34. The van der Waals surface area contributed by atoms with Gasteiger partial charge in [0, 0.05) is 6.61 Å². The number of alkyl halides is 3. The predicted octanol–water partition coefficient (Wildman–Crippen LogP) is 1.37. The Hall–Kier alpha value is -1.49. The zero-order valence-corrected chi connectivity index (χ0v) is 13.3. The molecule has 1 aromatic heterocycles. The minimum atomic E-state index is -4.47. The van der Waals surface area contributed by atoms with Crippen LogP contribution in [0, 0.1) is 0 Å². The fraction of sp³-hybridized carbons (Fsp3) is 0.714. The molecule has 0 saturated carbocycles. The van der Waals surface area contributed by atoms with Crippen molar-refractivity contribution in [2.75, 3.05) is 18.9 Å². The molecule has 2 aliphatic rings. The lowest BCUT2D eigenvalue weighted by molar-refractivity contribution is -0.157. The van der Waals surface area contributed by atoms with Crippen LogP contribution in [0.15, 0.2) is 12.4 Å². The third-order valence-electron chi connectivity index (χ3n) is 3.45. The van der Waals surface area contributed by atoms with Gasteiger partial charge >= 0.3 is 6.18 Å². The van der Waals surface area contributed by atoms with Crippen molar-refractivity contribution in [1.29, 1.82) is 0 Å². The molecule has 2 aliphatic heterocycles. The molecule has 3 unspecified atom stereocenters. The standard InChI is InChI=1S/C9H16O4.C5H4F3N3/c1-9(2)12-6-3-4-11-7(5-10)8(6)13-9;6-5(7,8)3-1-10-2-4(9)11-3/h6-8,10H,3-5H2,1-2H3;1-2H,(H2,9,11). The molecule has 7 nitrogen and oxygen atoms in total. The van der Waals surface area contributed by atoms with Gasteiger partial charge in [-0.15, -0.1) is 0 Å². The maximum absolute atomic E-state index is 11.8. The largest absolute Gasteiger partial charge is 0.434 e. The molecule has 1 aromatic rings. The van der Waals surface area contributed by atoms with Crippen molar-refractivity contribution < 1.29 is 32.5 Å². The first-order valence-electron chi connectivity index (χ1n) is 7.35. The van der Waals surface area contributed by atoms with Gasteiger partial charge in [0.15, 0.2) is 11.5 Å². The van der Waals surface area contributed by atoms with Crippen LogP contribution < -0.4 is 5.73 Å². The van der Waals surface area contributed by atoms with E-state index in [9.17, 15) is 13.2 Å². The Morgan fingerprint density at radius 2 is 2.04 bits per heavy atom. The summed E-state index contributed by atoms with van der Waals surface area (Å²) in [7, 11) is 0. The topological polar surface area (TPSA) is 99.7 Å². The minimum absolute atomic E-state index is 0.000602. The van der Waals surface area contributed by atoms with Crippen molar-refractivity contribution in [2.45, 2.75) is 50.5 Å². The van der Waals surface area contributed by atoms with Gasteiger partial charge < -0.3 is 25.1 Å². The number of nitrogens with two attached hydrogens (primary N) is 1. The molecule has 0 radical (unpaired) electrons. The number of hydrogen-bond acceptors (Lipinski definition) is 7. The number of halogens is 3. The molecule has 0 amide bonds. The van der Waals surface area contributed by atoms with Crippen molar-refractivity contribution in [3.8, 4) is 0 Å². The van der Waals surface area contributed by atoms with Crippen LogP contribution in [0.1, 0.15) is 26.0 Å². The summed E-state index contributed by atoms with van der Waals surface area (Å²) < 4.78 is 52.1. The Morgan fingerprint density at radius 3 is 2.58 bits per heavy atom. The minimum Gasteiger partial charge on any atom is -0.394 e. The van der Waals surface area contributed by atoms with Crippen LogP contribution in [0.25, 0.3) is 0 Å². The van der Waals surface area contributed by atoms with Crippen LogP contribution >= 0.6 is 0 Å². The van der Waals surface area contributed by atoms with E-state index < -0.39 is 17.7 Å². The van der Waals surface area contributed by atoms with Crippen LogP contribution in [0.5, 0.6) is 0 Å². The van der Waals surface area contributed by atoms with E-state index >= 15 is 0 Å². The fourth-order valence-electron chi connectivity index (χ4n) is 2.51. The van der Waals surface area contributed by atoms with Crippen molar-refractivity contribution in [2.24, 2.45) is 0 Å². The van der Waals surface area contributed by atoms with E-state index in [1.54, 1.807) is 0 Å². The first-order valence-corrected chi connectivity index (χ1v) is 7.35. The highest BCUT2D eigenvalue weighted by molar-refractivity contribution is 5.24. The molecule has 3 N–H and O–H groups in total. The summed E-state index contributed by atoms with van der Waals surface area (Å²) >= 11 is 0. The predicted molar refractivity (Wildman–Crippen MR) is 76.7 cm³/mol. The third-order valence-corrected chi connectivity index (χ3v) is 3.45. The summed E-state index contributed by atoms with van der Waals surface area (Å²) in [5, 5.41) is 9.05. The maximum atomic E-state index is 11.8. The number of nitrogens with zero attached hydrogens (tertiary/aromatic N) is 2. The fourth-order valence-corrected chi connectivity index (χ4v) is 2.51. The Labute approximate surface area is 136 Å². The molecule has 0 spiro atoms. The number of fused-ring (bicyclic) bond motifs is 1. The molecule has 0 aliphatic carbocycles. The molecule has 3 rings (SSSR count). The van der Waals surface area contributed by atoms with Crippen molar-refractivity contribution in [1.82, 2.24) is 9.97 Å². The van der Waals surface area contributed by atoms with E-state index in [1.807, 2.05) is 13.8 Å². The van der Waals surface area contributed by atoms with Gasteiger partial charge in [-0.05, 0) is 20.3 Å². The van der Waals surface area contributed by atoms with E-state index in [1.165, 1.54) is 0 Å². The van der Waals surface area contributed by atoms with Crippen molar-refractivity contribution >= 4 is 5.82 Å². The number of rotatable bonds is 1. The molecule has 0 aromatic carbocycles. The summed E-state index contributed by atoms with van der Waals surface area (Å²) in [6, 6.07) is 0. The lowest BCUT2D eigenvalue weighted by Gasteiger charge is -2.29. The highest BCUT2D eigenvalue weighted by Gasteiger charge is 2.47. The van der Waals surface area contributed by atoms with Gasteiger partial charge in [0.2, 0.25) is 0 Å². The SMILES string of the molecule is CC1(C)OC2CCOC(CO)C2O1.Nc1cncc(C(F)(F)F)n1. The van der Waals surface area contributed by atoms with Crippen LogP contribution in [0.4, 0.5) is 19.0 Å². The zero-order valence-electron chi connectivity index (χ0n) is 13.3. The van der Waals surface area contributed by atoms with E-state index in [0.29, 0.717) is 12.8 Å². The Kier molecular flexibility index (Phi) is 5.63. The number of aromatic nitrogens is 2. The molecule has 24 heavy (non-hydrogen) atoms.